The van der Waals surface area contributed by atoms with Crippen LogP contribution in [-0.4, -0.2) is 0 Å². The van der Waals surface area contributed by atoms with Gasteiger partial charge in [-0.25, -0.2) is 8.78 Å². The van der Waals surface area contributed by atoms with Gasteiger partial charge < -0.3 is 0 Å². The molecule has 102 valence electrons. The fourth-order valence-corrected chi connectivity index (χ4v) is 2.95. The number of benzene rings is 1. The van der Waals surface area contributed by atoms with E-state index in [-0.39, 0.29) is 0 Å². The molecule has 0 heterocycles. The summed E-state index contributed by atoms with van der Waals surface area (Å²) in [4.78, 5) is 0. The highest BCUT2D eigenvalue weighted by Crippen LogP contribution is 2.37. The van der Waals surface area contributed by atoms with Crippen LogP contribution in [0.2, 0.25) is 0 Å². The van der Waals surface area contributed by atoms with E-state index in [2.05, 4.69) is 6.07 Å². The average molecular weight is 263 g/mol. The summed E-state index contributed by atoms with van der Waals surface area (Å²) in [6.45, 7) is 0. The molecule has 0 aliphatic heterocycles. The summed E-state index contributed by atoms with van der Waals surface area (Å²) in [5, 5.41) is 9.51. The highest BCUT2D eigenvalue weighted by Gasteiger charge is 2.31. The number of rotatable bonds is 2. The Morgan fingerprint density at radius 3 is 2.32 bits per heavy atom. The fraction of sp³-hybridized carbons (Fsp3) is 0.562. The summed E-state index contributed by atoms with van der Waals surface area (Å²) in [7, 11) is 0. The molecule has 1 aromatic carbocycles. The lowest BCUT2D eigenvalue weighted by atomic mass is 9.73. The molecule has 0 amide bonds. The lowest BCUT2D eigenvalue weighted by Crippen LogP contribution is -2.23. The minimum absolute atomic E-state index is 0.326. The van der Waals surface area contributed by atoms with Crippen molar-refractivity contribution in [2.45, 2.75) is 51.4 Å². The zero-order chi connectivity index (χ0) is 13.7. The lowest BCUT2D eigenvalue weighted by molar-refractivity contribution is 0.284. The van der Waals surface area contributed by atoms with Gasteiger partial charge in [-0.15, -0.1) is 0 Å². The maximum Gasteiger partial charge on any atom is 0.126 e. The summed E-state index contributed by atoms with van der Waals surface area (Å²) in [5.74, 6) is -0.839. The molecular formula is C16H19F2N. The number of hydrogen-bond acceptors (Lipinski definition) is 1. The van der Waals surface area contributed by atoms with E-state index < -0.39 is 17.0 Å². The van der Waals surface area contributed by atoms with Gasteiger partial charge in [0.05, 0.1) is 11.5 Å². The Labute approximate surface area is 113 Å². The van der Waals surface area contributed by atoms with Gasteiger partial charge in [-0.2, -0.15) is 5.26 Å². The van der Waals surface area contributed by atoms with E-state index in [1.807, 2.05) is 0 Å². The van der Waals surface area contributed by atoms with Gasteiger partial charge in [-0.3, -0.25) is 0 Å². The van der Waals surface area contributed by atoms with E-state index in [1.165, 1.54) is 12.5 Å². The summed E-state index contributed by atoms with van der Waals surface area (Å²) in [5.41, 5.74) is -0.183. The zero-order valence-corrected chi connectivity index (χ0v) is 11.1. The maximum absolute atomic E-state index is 13.7. The van der Waals surface area contributed by atoms with Crippen LogP contribution in [0.15, 0.2) is 18.2 Å². The molecule has 0 unspecified atom stereocenters. The molecule has 0 N–H and O–H groups in total. The second-order valence-electron chi connectivity index (χ2n) is 5.57. The molecule has 1 aliphatic carbocycles. The van der Waals surface area contributed by atoms with E-state index >= 15 is 0 Å². The monoisotopic (exact) mass is 263 g/mol. The van der Waals surface area contributed by atoms with Gasteiger partial charge in [0.2, 0.25) is 0 Å². The van der Waals surface area contributed by atoms with E-state index in [9.17, 15) is 14.0 Å². The fourth-order valence-electron chi connectivity index (χ4n) is 2.95. The molecule has 0 aromatic heterocycles. The molecule has 0 bridgehead atoms. The zero-order valence-electron chi connectivity index (χ0n) is 11.1. The minimum atomic E-state index is -0.519. The van der Waals surface area contributed by atoms with Crippen LogP contribution in [0, 0.1) is 28.4 Å². The van der Waals surface area contributed by atoms with Crippen LogP contribution in [0.4, 0.5) is 8.78 Å². The Morgan fingerprint density at radius 1 is 1.05 bits per heavy atom. The van der Waals surface area contributed by atoms with E-state index in [4.69, 9.17) is 0 Å². The van der Waals surface area contributed by atoms with Crippen LogP contribution in [0.25, 0.3) is 0 Å². The predicted octanol–water partition coefficient (Wildman–Crippen LogP) is 4.76. The first-order valence-corrected chi connectivity index (χ1v) is 7.00. The van der Waals surface area contributed by atoms with Crippen molar-refractivity contribution in [2.75, 3.05) is 0 Å². The quantitative estimate of drug-likeness (QED) is 0.754. The Morgan fingerprint density at radius 2 is 1.68 bits per heavy atom. The lowest BCUT2D eigenvalue weighted by Gasteiger charge is -2.28. The number of hydrogen-bond donors (Lipinski definition) is 0. The summed E-state index contributed by atoms with van der Waals surface area (Å²) >= 11 is 0. The number of nitrogens with zero attached hydrogens (tertiary/aromatic N) is 1. The van der Waals surface area contributed by atoms with Crippen LogP contribution < -0.4 is 0 Å². The molecular weight excluding hydrogens is 244 g/mol. The van der Waals surface area contributed by atoms with Gasteiger partial charge >= 0.3 is 0 Å². The smallest absolute Gasteiger partial charge is 0.126 e. The standard InChI is InChI=1S/C16H19F2N/c17-14-6-7-15(18)13(10-14)11-16(12-19)8-4-2-1-3-5-9-16/h6-7,10H,1-5,8-9,11H2. The average Bonchev–Trinajstić information content (AvgIpc) is 2.37. The van der Waals surface area contributed by atoms with Crippen LogP contribution in [-0.2, 0) is 6.42 Å². The molecule has 2 rings (SSSR count). The molecule has 19 heavy (non-hydrogen) atoms. The summed E-state index contributed by atoms with van der Waals surface area (Å²) in [6.07, 6.45) is 7.40. The third-order valence-corrected chi connectivity index (χ3v) is 4.08. The first kappa shape index (κ1) is 14.0. The Hall–Kier alpha value is -1.43. The van der Waals surface area contributed by atoms with Gasteiger partial charge in [-0.05, 0) is 43.0 Å². The highest BCUT2D eigenvalue weighted by atomic mass is 19.1. The Balaban J connectivity index is 2.21. The highest BCUT2D eigenvalue weighted by molar-refractivity contribution is 5.22. The van der Waals surface area contributed by atoms with Crippen molar-refractivity contribution < 1.29 is 8.78 Å². The van der Waals surface area contributed by atoms with Gasteiger partial charge in [0.25, 0.3) is 0 Å². The van der Waals surface area contributed by atoms with E-state index in [0.29, 0.717) is 12.0 Å². The molecule has 0 radical (unpaired) electrons. The number of nitriles is 1. The number of halogens is 2. The molecule has 0 saturated heterocycles. The molecule has 1 fully saturated rings. The van der Waals surface area contributed by atoms with Gasteiger partial charge in [-0.1, -0.05) is 32.1 Å². The topological polar surface area (TPSA) is 23.8 Å². The summed E-state index contributed by atoms with van der Waals surface area (Å²) in [6, 6.07) is 5.89. The van der Waals surface area contributed by atoms with Gasteiger partial charge in [0.1, 0.15) is 11.6 Å². The molecule has 0 atom stereocenters. The Kier molecular flexibility index (Phi) is 4.52. The minimum Gasteiger partial charge on any atom is -0.207 e. The van der Waals surface area contributed by atoms with Crippen molar-refractivity contribution >= 4 is 0 Å². The van der Waals surface area contributed by atoms with Crippen molar-refractivity contribution in [3.8, 4) is 6.07 Å². The first-order chi connectivity index (χ1) is 9.15. The molecule has 0 spiro atoms. The first-order valence-electron chi connectivity index (χ1n) is 7.00. The molecule has 3 heteroatoms. The second-order valence-corrected chi connectivity index (χ2v) is 5.57. The molecule has 1 aromatic rings. The van der Waals surface area contributed by atoms with Crippen molar-refractivity contribution in [3.63, 3.8) is 0 Å². The third-order valence-electron chi connectivity index (χ3n) is 4.08. The normalized spacial score (nSPS) is 19.2. The Bertz CT molecular complexity index is 468. The maximum atomic E-state index is 13.7. The van der Waals surface area contributed by atoms with Crippen molar-refractivity contribution in [3.05, 3.63) is 35.4 Å². The van der Waals surface area contributed by atoms with E-state index in [0.717, 1.165) is 50.7 Å². The van der Waals surface area contributed by atoms with Crippen LogP contribution in [0.5, 0.6) is 0 Å². The van der Waals surface area contributed by atoms with Gasteiger partial charge in [0.15, 0.2) is 0 Å². The SMILES string of the molecule is N#CC1(Cc2cc(F)ccc2F)CCCCCCC1. The van der Waals surface area contributed by atoms with E-state index in [1.54, 1.807) is 0 Å². The molecule has 1 aliphatic rings. The van der Waals surface area contributed by atoms with Crippen molar-refractivity contribution in [2.24, 2.45) is 5.41 Å². The van der Waals surface area contributed by atoms with Crippen molar-refractivity contribution in [1.82, 2.24) is 0 Å². The third kappa shape index (κ3) is 3.53. The van der Waals surface area contributed by atoms with Crippen LogP contribution >= 0.6 is 0 Å². The summed E-state index contributed by atoms with van der Waals surface area (Å²) < 4.78 is 27.0. The van der Waals surface area contributed by atoms with Gasteiger partial charge in [0, 0.05) is 0 Å². The van der Waals surface area contributed by atoms with Crippen molar-refractivity contribution in [1.29, 1.82) is 5.26 Å². The second kappa shape index (κ2) is 6.14. The largest absolute Gasteiger partial charge is 0.207 e. The predicted molar refractivity (Wildman–Crippen MR) is 70.4 cm³/mol. The molecule has 1 saturated carbocycles. The molecule has 1 nitrogen and oxygen atoms in total. The van der Waals surface area contributed by atoms with Crippen LogP contribution in [0.3, 0.4) is 0 Å². The van der Waals surface area contributed by atoms with Crippen LogP contribution in [0.1, 0.15) is 50.5 Å².